The Labute approximate surface area is 181 Å². The zero-order chi connectivity index (χ0) is 21.0. The van der Waals surface area contributed by atoms with E-state index in [-0.39, 0.29) is 0 Å². The number of fused-ring (bicyclic) bond motifs is 5. The maximum Gasteiger partial charge on any atom is 0.0653 e. The predicted molar refractivity (Wildman–Crippen MR) is 124 cm³/mol. The molecule has 1 heteroatoms. The van der Waals surface area contributed by atoms with Crippen LogP contribution in [-0.4, -0.2) is 10.7 Å². The van der Waals surface area contributed by atoms with Crippen molar-refractivity contribution in [2.45, 2.75) is 124 Å². The molecule has 4 fully saturated rings. The third-order valence-electron chi connectivity index (χ3n) is 11.6. The van der Waals surface area contributed by atoms with E-state index in [0.29, 0.717) is 22.7 Å². The molecule has 1 N–H and O–H groups in total. The van der Waals surface area contributed by atoms with Crippen LogP contribution in [0.1, 0.15) is 119 Å². The van der Waals surface area contributed by atoms with Crippen LogP contribution in [0.2, 0.25) is 0 Å². The molecular weight excluding hydrogens is 352 g/mol. The Bertz CT molecular complexity index is 579. The minimum absolute atomic E-state index is 0.379. The normalized spacial score (nSPS) is 47.8. The number of hydrogen-bond donors (Lipinski definition) is 1. The topological polar surface area (TPSA) is 20.2 Å². The summed E-state index contributed by atoms with van der Waals surface area (Å²) in [6.45, 7) is 14.5. The molecule has 0 saturated heterocycles. The van der Waals surface area contributed by atoms with Crippen LogP contribution in [0.15, 0.2) is 0 Å². The van der Waals surface area contributed by atoms with Crippen LogP contribution in [0.3, 0.4) is 0 Å². The Hall–Kier alpha value is -0.0400. The molecule has 0 spiro atoms. The van der Waals surface area contributed by atoms with E-state index in [1.165, 1.54) is 70.6 Å². The quantitative estimate of drug-likeness (QED) is 0.496. The van der Waals surface area contributed by atoms with Gasteiger partial charge in [-0.05, 0) is 123 Å². The van der Waals surface area contributed by atoms with Gasteiger partial charge in [-0.1, -0.05) is 47.5 Å². The lowest BCUT2D eigenvalue weighted by Gasteiger charge is -2.61. The highest BCUT2D eigenvalue weighted by Gasteiger charge is 2.61. The van der Waals surface area contributed by atoms with Gasteiger partial charge in [-0.15, -0.1) is 0 Å². The van der Waals surface area contributed by atoms with E-state index in [9.17, 15) is 5.11 Å². The molecular formula is C28H50O. The van der Waals surface area contributed by atoms with Crippen molar-refractivity contribution < 1.29 is 5.11 Å². The molecule has 0 aromatic carbocycles. The first kappa shape index (κ1) is 22.2. The maximum atomic E-state index is 11.7. The second kappa shape index (κ2) is 7.83. The molecule has 0 aliphatic heterocycles. The van der Waals surface area contributed by atoms with Crippen molar-refractivity contribution in [1.29, 1.82) is 0 Å². The lowest BCUT2D eigenvalue weighted by molar-refractivity contribution is -0.136. The highest BCUT2D eigenvalue weighted by molar-refractivity contribution is 5.11. The first-order valence-corrected chi connectivity index (χ1v) is 13.3. The van der Waals surface area contributed by atoms with Crippen molar-refractivity contribution >= 4 is 0 Å². The van der Waals surface area contributed by atoms with Gasteiger partial charge in [-0.3, -0.25) is 0 Å². The van der Waals surface area contributed by atoms with E-state index in [4.69, 9.17) is 0 Å². The van der Waals surface area contributed by atoms with Gasteiger partial charge in [-0.25, -0.2) is 0 Å². The van der Waals surface area contributed by atoms with Gasteiger partial charge in [0.15, 0.2) is 0 Å². The standard InChI is InChI=1S/C28H50O/c1-19(2)20(3)14-18-28(6,29)25-13-12-23-22-11-10-21-9-7-8-16-26(21,4)24(22)15-17-27(23,25)5/h19-25,29H,7-18H2,1-6H3/t20-,21?,22-,23-,24-,25-,26-,27-,28-/m0/s1. The van der Waals surface area contributed by atoms with Crippen LogP contribution in [0.25, 0.3) is 0 Å². The van der Waals surface area contributed by atoms with E-state index in [0.717, 1.165) is 36.0 Å². The summed E-state index contributed by atoms with van der Waals surface area (Å²) >= 11 is 0. The molecule has 1 nitrogen and oxygen atoms in total. The predicted octanol–water partition coefficient (Wildman–Crippen LogP) is 7.86. The number of aliphatic hydroxyl groups is 1. The minimum atomic E-state index is -0.481. The van der Waals surface area contributed by atoms with Crippen LogP contribution >= 0.6 is 0 Å². The average molecular weight is 403 g/mol. The molecule has 0 aromatic heterocycles. The van der Waals surface area contributed by atoms with Crippen molar-refractivity contribution in [3.8, 4) is 0 Å². The zero-order valence-electron chi connectivity index (χ0n) is 20.5. The van der Waals surface area contributed by atoms with E-state index >= 15 is 0 Å². The van der Waals surface area contributed by atoms with Crippen molar-refractivity contribution in [2.24, 2.45) is 52.3 Å². The molecule has 168 valence electrons. The van der Waals surface area contributed by atoms with Crippen LogP contribution in [-0.2, 0) is 0 Å². The molecule has 0 aromatic rings. The first-order valence-electron chi connectivity index (χ1n) is 13.3. The molecule has 4 aliphatic rings. The summed E-state index contributed by atoms with van der Waals surface area (Å²) in [4.78, 5) is 0. The number of hydrogen-bond acceptors (Lipinski definition) is 1. The Kier molecular flexibility index (Phi) is 5.98. The Morgan fingerprint density at radius 3 is 2.31 bits per heavy atom. The highest BCUT2D eigenvalue weighted by atomic mass is 16.3. The van der Waals surface area contributed by atoms with Crippen LogP contribution in [0.4, 0.5) is 0 Å². The van der Waals surface area contributed by atoms with Crippen LogP contribution in [0.5, 0.6) is 0 Å². The fourth-order valence-corrected chi connectivity index (χ4v) is 9.34. The van der Waals surface area contributed by atoms with Gasteiger partial charge >= 0.3 is 0 Å². The van der Waals surface area contributed by atoms with Gasteiger partial charge in [-0.2, -0.15) is 0 Å². The molecule has 0 bridgehead atoms. The minimum Gasteiger partial charge on any atom is -0.390 e. The lowest BCUT2D eigenvalue weighted by Crippen LogP contribution is -2.54. The van der Waals surface area contributed by atoms with Crippen molar-refractivity contribution in [1.82, 2.24) is 0 Å². The van der Waals surface area contributed by atoms with Crippen molar-refractivity contribution in [3.05, 3.63) is 0 Å². The smallest absolute Gasteiger partial charge is 0.0653 e. The van der Waals surface area contributed by atoms with Gasteiger partial charge in [0.1, 0.15) is 0 Å². The van der Waals surface area contributed by atoms with Crippen molar-refractivity contribution in [3.63, 3.8) is 0 Å². The lowest BCUT2D eigenvalue weighted by atomic mass is 9.44. The Morgan fingerprint density at radius 1 is 0.862 bits per heavy atom. The zero-order valence-corrected chi connectivity index (χ0v) is 20.5. The van der Waals surface area contributed by atoms with E-state index in [1.54, 1.807) is 0 Å². The Morgan fingerprint density at radius 2 is 1.59 bits per heavy atom. The molecule has 9 atom stereocenters. The molecule has 1 unspecified atom stereocenters. The monoisotopic (exact) mass is 402 g/mol. The molecule has 0 amide bonds. The largest absolute Gasteiger partial charge is 0.390 e. The molecule has 4 saturated carbocycles. The summed E-state index contributed by atoms with van der Waals surface area (Å²) in [5, 5.41) is 11.7. The van der Waals surface area contributed by atoms with E-state index < -0.39 is 5.60 Å². The summed E-state index contributed by atoms with van der Waals surface area (Å²) in [6.07, 6.45) is 16.6. The van der Waals surface area contributed by atoms with Gasteiger partial charge in [0.05, 0.1) is 5.60 Å². The average Bonchev–Trinajstić information content (AvgIpc) is 3.03. The summed E-state index contributed by atoms with van der Waals surface area (Å²) in [6, 6.07) is 0. The highest BCUT2D eigenvalue weighted by Crippen LogP contribution is 2.68. The fourth-order valence-electron chi connectivity index (χ4n) is 9.34. The summed E-state index contributed by atoms with van der Waals surface area (Å²) in [5.74, 6) is 5.76. The second-order valence-electron chi connectivity index (χ2n) is 13.2. The Balaban J connectivity index is 1.50. The molecule has 4 rings (SSSR count). The summed E-state index contributed by atoms with van der Waals surface area (Å²) in [5.41, 5.74) is 0.533. The summed E-state index contributed by atoms with van der Waals surface area (Å²) < 4.78 is 0. The molecule has 29 heavy (non-hydrogen) atoms. The summed E-state index contributed by atoms with van der Waals surface area (Å²) in [7, 11) is 0. The molecule has 4 aliphatic carbocycles. The number of rotatable bonds is 5. The van der Waals surface area contributed by atoms with Gasteiger partial charge in [0.25, 0.3) is 0 Å². The third-order valence-corrected chi connectivity index (χ3v) is 11.6. The van der Waals surface area contributed by atoms with Gasteiger partial charge in [0.2, 0.25) is 0 Å². The first-order chi connectivity index (χ1) is 13.6. The molecule has 0 radical (unpaired) electrons. The maximum absolute atomic E-state index is 11.7. The second-order valence-corrected chi connectivity index (χ2v) is 13.2. The third kappa shape index (κ3) is 3.64. The van der Waals surface area contributed by atoms with Gasteiger partial charge < -0.3 is 5.11 Å². The fraction of sp³-hybridized carbons (Fsp3) is 1.00. The van der Waals surface area contributed by atoms with Crippen molar-refractivity contribution in [2.75, 3.05) is 0 Å². The van der Waals surface area contributed by atoms with Crippen LogP contribution in [0, 0.1) is 52.3 Å². The van der Waals surface area contributed by atoms with Gasteiger partial charge in [0, 0.05) is 0 Å². The molecule has 0 heterocycles. The van der Waals surface area contributed by atoms with Crippen LogP contribution < -0.4 is 0 Å². The van der Waals surface area contributed by atoms with E-state index in [2.05, 4.69) is 41.5 Å². The van der Waals surface area contributed by atoms with E-state index in [1.807, 2.05) is 0 Å². The SMILES string of the molecule is CC(C)[C@@H](C)CC[C@](C)(O)[C@H]1CC[C@H]2[C@@H]3CCC4CCCC[C@]4(C)[C@H]3CC[C@@]21C.